The van der Waals surface area contributed by atoms with Crippen LogP contribution < -0.4 is 10.1 Å². The van der Waals surface area contributed by atoms with E-state index in [0.717, 1.165) is 68.6 Å². The van der Waals surface area contributed by atoms with Gasteiger partial charge >= 0.3 is 6.09 Å². The Bertz CT molecular complexity index is 955. The van der Waals surface area contributed by atoms with Gasteiger partial charge in [0, 0.05) is 19.2 Å². The van der Waals surface area contributed by atoms with Gasteiger partial charge in [-0.3, -0.25) is 4.90 Å². The summed E-state index contributed by atoms with van der Waals surface area (Å²) in [5.74, 6) is 1.33. The van der Waals surface area contributed by atoms with Gasteiger partial charge in [-0.05, 0) is 73.9 Å². The Balaban J connectivity index is 1.29. The molecule has 0 aromatic heterocycles. The third kappa shape index (κ3) is 4.48. The molecule has 2 atom stereocenters. The van der Waals surface area contributed by atoms with Gasteiger partial charge in [-0.1, -0.05) is 36.4 Å². The number of para-hydroxylation sites is 1. The topological polar surface area (TPSA) is 60.0 Å². The minimum atomic E-state index is -0.274. The molecule has 0 saturated carbocycles. The molecule has 1 unspecified atom stereocenters. The molecule has 3 heterocycles. The van der Waals surface area contributed by atoms with Crippen LogP contribution in [-0.2, 0) is 15.9 Å². The number of hydrogen-bond acceptors (Lipinski definition) is 5. The molecule has 170 valence electrons. The van der Waals surface area contributed by atoms with Crippen LogP contribution in [0.3, 0.4) is 0 Å². The van der Waals surface area contributed by atoms with Crippen molar-refractivity contribution in [3.05, 3.63) is 53.6 Å². The maximum atomic E-state index is 12.7. The van der Waals surface area contributed by atoms with Crippen molar-refractivity contribution in [3.63, 3.8) is 0 Å². The van der Waals surface area contributed by atoms with Gasteiger partial charge in [-0.2, -0.15) is 0 Å². The number of nitrogens with zero attached hydrogens (tertiary/aromatic N) is 1. The monoisotopic (exact) mass is 436 g/mol. The number of benzene rings is 2. The maximum absolute atomic E-state index is 12.7. The third-order valence-electron chi connectivity index (χ3n) is 7.13. The average Bonchev–Trinajstić information content (AvgIpc) is 2.83. The van der Waals surface area contributed by atoms with Crippen molar-refractivity contribution in [2.24, 2.45) is 5.92 Å². The van der Waals surface area contributed by atoms with E-state index in [-0.39, 0.29) is 25.0 Å². The summed E-state index contributed by atoms with van der Waals surface area (Å²) in [6.07, 6.45) is 5.04. The molecule has 3 saturated heterocycles. The molecule has 6 rings (SSSR count). The minimum Gasteiger partial charge on any atom is -0.467 e. The first-order valence-corrected chi connectivity index (χ1v) is 11.7. The molecule has 3 fully saturated rings. The first-order valence-electron chi connectivity index (χ1n) is 11.7. The Morgan fingerprint density at radius 1 is 1.12 bits per heavy atom. The first kappa shape index (κ1) is 21.3. The Kier molecular flexibility index (Phi) is 6.32. The zero-order valence-corrected chi connectivity index (χ0v) is 18.7. The van der Waals surface area contributed by atoms with Crippen molar-refractivity contribution in [2.75, 3.05) is 33.5 Å². The molecule has 6 nitrogen and oxygen atoms in total. The molecule has 2 bridgehead atoms. The lowest BCUT2D eigenvalue weighted by atomic mass is 9.85. The summed E-state index contributed by atoms with van der Waals surface area (Å²) in [5.41, 5.74) is 4.64. The summed E-state index contributed by atoms with van der Waals surface area (Å²) >= 11 is 0. The number of carbonyl (C=O) groups excluding carboxylic acids is 1. The van der Waals surface area contributed by atoms with E-state index in [2.05, 4.69) is 34.5 Å². The van der Waals surface area contributed by atoms with E-state index in [4.69, 9.17) is 14.2 Å². The molecule has 32 heavy (non-hydrogen) atoms. The quantitative estimate of drug-likeness (QED) is 0.674. The highest BCUT2D eigenvalue weighted by Crippen LogP contribution is 2.36. The number of nitrogens with one attached hydrogen (secondary N) is 1. The molecule has 1 N–H and O–H groups in total. The summed E-state index contributed by atoms with van der Waals surface area (Å²) in [6, 6.07) is 14.5. The second-order valence-electron chi connectivity index (χ2n) is 9.13. The van der Waals surface area contributed by atoms with Crippen LogP contribution in [0.1, 0.15) is 42.9 Å². The molecule has 1 amide bonds. The normalized spacial score (nSPS) is 26.3. The standard InChI is InChI=1S/C26H32N2O4/c1-30-17-31-24-8-3-2-6-22(24)20-9-10-21-19(15-20)5-4-7-23(21)27-26(29)32-25-16-28-13-11-18(25)12-14-28/h2-3,6,8-10,15,18,23,25H,4-5,7,11-14,16-17H2,1H3,(H,27,29)/t23?,25-/m1/s1. The molecule has 4 aliphatic rings. The number of fused-ring (bicyclic) bond motifs is 4. The van der Waals surface area contributed by atoms with E-state index < -0.39 is 0 Å². The highest BCUT2D eigenvalue weighted by atomic mass is 16.7. The largest absolute Gasteiger partial charge is 0.467 e. The van der Waals surface area contributed by atoms with Crippen molar-refractivity contribution < 1.29 is 19.0 Å². The number of alkyl carbamates (subject to hydrolysis) is 1. The zero-order valence-electron chi connectivity index (χ0n) is 18.7. The lowest BCUT2D eigenvalue weighted by molar-refractivity contribution is -0.0340. The van der Waals surface area contributed by atoms with Crippen molar-refractivity contribution >= 4 is 6.09 Å². The van der Waals surface area contributed by atoms with Crippen LogP contribution in [0.25, 0.3) is 11.1 Å². The van der Waals surface area contributed by atoms with Gasteiger partial charge in [0.25, 0.3) is 0 Å². The molecular weight excluding hydrogens is 404 g/mol. The van der Waals surface area contributed by atoms with Gasteiger partial charge < -0.3 is 19.5 Å². The fraction of sp³-hybridized carbons (Fsp3) is 0.500. The van der Waals surface area contributed by atoms with E-state index >= 15 is 0 Å². The molecule has 2 aromatic rings. The van der Waals surface area contributed by atoms with Gasteiger partial charge in [-0.25, -0.2) is 4.79 Å². The highest BCUT2D eigenvalue weighted by Gasteiger charge is 2.37. The Morgan fingerprint density at radius 3 is 2.75 bits per heavy atom. The second kappa shape index (κ2) is 9.51. The molecule has 1 aliphatic carbocycles. The maximum Gasteiger partial charge on any atom is 0.407 e. The molecule has 6 heteroatoms. The SMILES string of the molecule is COCOc1ccccc1-c1ccc2c(c1)CCCC2NC(=O)O[C@@H]1CN2CCC1CC2. The summed E-state index contributed by atoms with van der Waals surface area (Å²) in [7, 11) is 1.62. The van der Waals surface area contributed by atoms with E-state index in [9.17, 15) is 4.79 Å². The average molecular weight is 437 g/mol. The van der Waals surface area contributed by atoms with Gasteiger partial charge in [-0.15, -0.1) is 0 Å². The van der Waals surface area contributed by atoms with Crippen LogP contribution in [0.2, 0.25) is 0 Å². The van der Waals surface area contributed by atoms with Crippen molar-refractivity contribution in [2.45, 2.75) is 44.2 Å². The Hall–Kier alpha value is -2.57. The van der Waals surface area contributed by atoms with Crippen LogP contribution >= 0.6 is 0 Å². The number of piperidine rings is 3. The van der Waals surface area contributed by atoms with Crippen molar-refractivity contribution in [1.82, 2.24) is 10.2 Å². The number of ether oxygens (including phenoxy) is 3. The first-order chi connectivity index (χ1) is 15.7. The predicted molar refractivity (Wildman–Crippen MR) is 123 cm³/mol. The lowest BCUT2D eigenvalue weighted by Crippen LogP contribution is -2.52. The van der Waals surface area contributed by atoms with Crippen LogP contribution in [0, 0.1) is 5.92 Å². The van der Waals surface area contributed by atoms with E-state index in [1.807, 2.05) is 18.2 Å². The van der Waals surface area contributed by atoms with E-state index in [1.165, 1.54) is 11.1 Å². The van der Waals surface area contributed by atoms with Crippen LogP contribution in [-0.4, -0.2) is 50.6 Å². The summed E-state index contributed by atoms with van der Waals surface area (Å²) < 4.78 is 16.7. The number of amides is 1. The summed E-state index contributed by atoms with van der Waals surface area (Å²) in [5, 5.41) is 3.16. The molecule has 3 aliphatic heterocycles. The number of carbonyl (C=O) groups is 1. The highest BCUT2D eigenvalue weighted by molar-refractivity contribution is 5.72. The van der Waals surface area contributed by atoms with Gasteiger partial charge in [0.15, 0.2) is 6.79 Å². The second-order valence-corrected chi connectivity index (χ2v) is 9.13. The minimum absolute atomic E-state index is 0.00127. The molecule has 0 spiro atoms. The van der Waals surface area contributed by atoms with Gasteiger partial charge in [0.2, 0.25) is 0 Å². The Morgan fingerprint density at radius 2 is 1.97 bits per heavy atom. The Labute approximate surface area is 189 Å². The van der Waals surface area contributed by atoms with Gasteiger partial charge in [0.05, 0.1) is 6.04 Å². The number of aryl methyl sites for hydroxylation is 1. The van der Waals surface area contributed by atoms with Crippen molar-refractivity contribution in [1.29, 1.82) is 0 Å². The van der Waals surface area contributed by atoms with Crippen LogP contribution in [0.4, 0.5) is 4.79 Å². The third-order valence-corrected chi connectivity index (χ3v) is 7.13. The van der Waals surface area contributed by atoms with E-state index in [1.54, 1.807) is 7.11 Å². The molecular formula is C26H32N2O4. The van der Waals surface area contributed by atoms with Crippen LogP contribution in [0.15, 0.2) is 42.5 Å². The smallest absolute Gasteiger partial charge is 0.407 e. The fourth-order valence-electron chi connectivity index (χ4n) is 5.44. The van der Waals surface area contributed by atoms with Crippen molar-refractivity contribution in [3.8, 4) is 16.9 Å². The molecule has 2 aromatic carbocycles. The number of hydrogen-bond donors (Lipinski definition) is 1. The number of rotatable bonds is 6. The zero-order chi connectivity index (χ0) is 21.9. The van der Waals surface area contributed by atoms with Gasteiger partial charge in [0.1, 0.15) is 11.9 Å². The summed E-state index contributed by atoms with van der Waals surface area (Å²) in [6.45, 7) is 3.39. The van der Waals surface area contributed by atoms with E-state index in [0.29, 0.717) is 5.92 Å². The summed E-state index contributed by atoms with van der Waals surface area (Å²) in [4.78, 5) is 15.1. The fourth-order valence-corrected chi connectivity index (χ4v) is 5.44. The molecule has 0 radical (unpaired) electrons. The number of methoxy groups -OCH3 is 1. The van der Waals surface area contributed by atoms with Crippen LogP contribution in [0.5, 0.6) is 5.75 Å². The predicted octanol–water partition coefficient (Wildman–Crippen LogP) is 4.53. The lowest BCUT2D eigenvalue weighted by Gasteiger charge is -2.44.